The summed E-state index contributed by atoms with van der Waals surface area (Å²) >= 11 is 0. The maximum absolute atomic E-state index is 12.0. The van der Waals surface area contributed by atoms with Gasteiger partial charge in [-0.15, -0.1) is 0 Å². The summed E-state index contributed by atoms with van der Waals surface area (Å²) in [5.74, 6) is 0. The maximum Gasteiger partial charge on any atom is 0.410 e. The third kappa shape index (κ3) is 3.44. The number of aldehydes is 1. The molecule has 102 valence electrons. The van der Waals surface area contributed by atoms with Crippen LogP contribution in [0.3, 0.4) is 0 Å². The fourth-order valence-electron chi connectivity index (χ4n) is 2.44. The average molecular weight is 277 g/mol. The molecule has 0 bridgehead atoms. The van der Waals surface area contributed by atoms with Gasteiger partial charge in [0.2, 0.25) is 0 Å². The zero-order valence-corrected chi connectivity index (χ0v) is 12.3. The van der Waals surface area contributed by atoms with Crippen molar-refractivity contribution in [3.63, 3.8) is 0 Å². The largest absolute Gasteiger partial charge is 0.445 e. The van der Waals surface area contributed by atoms with E-state index in [1.54, 1.807) is 4.90 Å². The number of carbonyl (C=O) groups excluding carboxylic acids is 2. The molecule has 1 aliphatic rings. The summed E-state index contributed by atoms with van der Waals surface area (Å²) in [7, 11) is -1.46. The van der Waals surface area contributed by atoms with E-state index in [0.29, 0.717) is 6.17 Å². The minimum atomic E-state index is -1.46. The molecule has 1 atom stereocenters. The molecule has 1 amide bonds. The van der Waals surface area contributed by atoms with Crippen LogP contribution in [-0.2, 0) is 16.1 Å². The monoisotopic (exact) mass is 277 g/mol. The molecule has 0 N–H and O–H groups in total. The smallest absolute Gasteiger partial charge is 0.410 e. The minimum absolute atomic E-state index is 0.254. The SMILES string of the molecule is C[Si]1(C)C[C@@H](C=O)N(C(=O)OCc2ccccc2)C1. The predicted octanol–water partition coefficient (Wildman–Crippen LogP) is 2.45. The highest BCUT2D eigenvalue weighted by molar-refractivity contribution is 6.78. The molecule has 0 saturated carbocycles. The lowest BCUT2D eigenvalue weighted by Crippen LogP contribution is -2.38. The molecule has 1 aromatic rings. The van der Waals surface area contributed by atoms with Crippen molar-refractivity contribution >= 4 is 20.5 Å². The first-order valence-electron chi connectivity index (χ1n) is 6.44. The van der Waals surface area contributed by atoms with Gasteiger partial charge in [-0.1, -0.05) is 43.4 Å². The average Bonchev–Trinajstić information content (AvgIpc) is 2.72. The van der Waals surface area contributed by atoms with Gasteiger partial charge >= 0.3 is 6.09 Å². The lowest BCUT2D eigenvalue weighted by Gasteiger charge is -2.20. The molecule has 4 nitrogen and oxygen atoms in total. The number of rotatable bonds is 3. The summed E-state index contributed by atoms with van der Waals surface area (Å²) < 4.78 is 5.29. The van der Waals surface area contributed by atoms with E-state index in [2.05, 4.69) is 13.1 Å². The Morgan fingerprint density at radius 1 is 1.42 bits per heavy atom. The van der Waals surface area contributed by atoms with E-state index in [9.17, 15) is 9.59 Å². The molecule has 1 saturated heterocycles. The van der Waals surface area contributed by atoms with Crippen LogP contribution in [0.4, 0.5) is 4.79 Å². The van der Waals surface area contributed by atoms with Crippen LogP contribution < -0.4 is 0 Å². The van der Waals surface area contributed by atoms with Crippen LogP contribution in [0.5, 0.6) is 0 Å². The van der Waals surface area contributed by atoms with E-state index in [1.165, 1.54) is 0 Å². The fraction of sp³-hybridized carbons (Fsp3) is 0.429. The number of hydrogen-bond acceptors (Lipinski definition) is 3. The van der Waals surface area contributed by atoms with Gasteiger partial charge in [0.15, 0.2) is 0 Å². The van der Waals surface area contributed by atoms with Crippen LogP contribution >= 0.6 is 0 Å². The first-order valence-corrected chi connectivity index (χ1v) is 9.86. The molecule has 1 aromatic carbocycles. The number of benzene rings is 1. The van der Waals surface area contributed by atoms with Gasteiger partial charge in [0, 0.05) is 6.17 Å². The topological polar surface area (TPSA) is 46.6 Å². The van der Waals surface area contributed by atoms with Crippen LogP contribution in [0.25, 0.3) is 0 Å². The highest BCUT2D eigenvalue weighted by atomic mass is 28.3. The second-order valence-corrected chi connectivity index (χ2v) is 10.8. The molecule has 0 aliphatic carbocycles. The Kier molecular flexibility index (Phi) is 4.04. The van der Waals surface area contributed by atoms with Gasteiger partial charge in [-0.3, -0.25) is 0 Å². The Bertz CT molecular complexity index is 461. The lowest BCUT2D eigenvalue weighted by atomic mass is 10.2. The van der Waals surface area contributed by atoms with Crippen molar-refractivity contribution in [2.24, 2.45) is 0 Å². The Hall–Kier alpha value is -1.62. The van der Waals surface area contributed by atoms with E-state index < -0.39 is 8.07 Å². The number of nitrogens with zero attached hydrogens (tertiary/aromatic N) is 1. The minimum Gasteiger partial charge on any atom is -0.445 e. The van der Waals surface area contributed by atoms with Gasteiger partial charge in [-0.05, 0) is 11.6 Å². The van der Waals surface area contributed by atoms with Crippen LogP contribution in [-0.4, -0.2) is 37.6 Å². The van der Waals surface area contributed by atoms with E-state index >= 15 is 0 Å². The normalized spacial score (nSPS) is 21.2. The molecule has 1 fully saturated rings. The summed E-state index contributed by atoms with van der Waals surface area (Å²) in [4.78, 5) is 24.7. The Morgan fingerprint density at radius 3 is 2.74 bits per heavy atom. The van der Waals surface area contributed by atoms with E-state index in [1.807, 2.05) is 30.3 Å². The van der Waals surface area contributed by atoms with Crippen molar-refractivity contribution in [3.8, 4) is 0 Å². The van der Waals surface area contributed by atoms with Crippen molar-refractivity contribution < 1.29 is 14.3 Å². The van der Waals surface area contributed by atoms with Gasteiger partial charge in [0.1, 0.15) is 12.9 Å². The summed E-state index contributed by atoms with van der Waals surface area (Å²) in [6, 6.07) is 10.1. The number of amides is 1. The van der Waals surface area contributed by atoms with Gasteiger partial charge in [-0.2, -0.15) is 0 Å². The van der Waals surface area contributed by atoms with Crippen molar-refractivity contribution in [3.05, 3.63) is 35.9 Å². The summed E-state index contributed by atoms with van der Waals surface area (Å²) in [6.45, 7) is 4.63. The van der Waals surface area contributed by atoms with Gasteiger partial charge < -0.3 is 14.4 Å². The van der Waals surface area contributed by atoms with Gasteiger partial charge in [0.05, 0.1) is 14.1 Å². The lowest BCUT2D eigenvalue weighted by molar-refractivity contribution is -0.111. The van der Waals surface area contributed by atoms with Crippen molar-refractivity contribution in [2.45, 2.75) is 31.8 Å². The molecule has 5 heteroatoms. The van der Waals surface area contributed by atoms with Gasteiger partial charge in [0.25, 0.3) is 0 Å². The summed E-state index contributed by atoms with van der Waals surface area (Å²) in [5, 5.41) is 0. The molecule has 2 rings (SSSR count). The Morgan fingerprint density at radius 2 is 2.11 bits per heavy atom. The molecular formula is C14H19NO3Si. The predicted molar refractivity (Wildman–Crippen MR) is 75.5 cm³/mol. The fourth-order valence-corrected chi connectivity index (χ4v) is 5.31. The van der Waals surface area contributed by atoms with Crippen LogP contribution in [0.2, 0.25) is 19.1 Å². The molecule has 1 aliphatic heterocycles. The Labute approximate surface area is 114 Å². The molecular weight excluding hydrogens is 258 g/mol. The first-order chi connectivity index (χ1) is 9.02. The summed E-state index contributed by atoms with van der Waals surface area (Å²) in [6.07, 6.45) is 1.19. The van der Waals surface area contributed by atoms with Crippen LogP contribution in [0.1, 0.15) is 5.56 Å². The molecule has 0 aromatic heterocycles. The molecule has 0 spiro atoms. The highest BCUT2D eigenvalue weighted by Gasteiger charge is 2.41. The second-order valence-electron chi connectivity index (χ2n) is 5.74. The van der Waals surface area contributed by atoms with Crippen molar-refractivity contribution in [2.75, 3.05) is 6.17 Å². The van der Waals surface area contributed by atoms with E-state index in [-0.39, 0.29) is 18.7 Å². The van der Waals surface area contributed by atoms with Crippen molar-refractivity contribution in [1.82, 2.24) is 4.90 Å². The van der Waals surface area contributed by atoms with E-state index in [0.717, 1.165) is 17.9 Å². The molecule has 19 heavy (non-hydrogen) atoms. The first kappa shape index (κ1) is 13.8. The molecule has 0 unspecified atom stereocenters. The standard InChI is InChI=1S/C14H19NO3Si/c1-19(2)10-13(8-16)15(11-19)14(17)18-9-12-6-4-3-5-7-12/h3-8,13H,9-11H2,1-2H3/t13-/m1/s1. The zero-order valence-electron chi connectivity index (χ0n) is 11.3. The maximum atomic E-state index is 12.0. The third-order valence-corrected chi connectivity index (χ3v) is 6.08. The van der Waals surface area contributed by atoms with Crippen molar-refractivity contribution in [1.29, 1.82) is 0 Å². The highest BCUT2D eigenvalue weighted by Crippen LogP contribution is 2.26. The quantitative estimate of drug-likeness (QED) is 0.630. The van der Waals surface area contributed by atoms with Gasteiger partial charge in [-0.25, -0.2) is 4.79 Å². The molecule has 0 radical (unpaired) electrons. The van der Waals surface area contributed by atoms with Crippen LogP contribution in [0, 0.1) is 0 Å². The second kappa shape index (κ2) is 5.57. The summed E-state index contributed by atoms with van der Waals surface area (Å²) in [5.41, 5.74) is 0.953. The van der Waals surface area contributed by atoms with E-state index in [4.69, 9.17) is 4.74 Å². The van der Waals surface area contributed by atoms with Crippen LogP contribution in [0.15, 0.2) is 30.3 Å². The Balaban J connectivity index is 1.94. The zero-order chi connectivity index (χ0) is 13.9. The number of hydrogen-bond donors (Lipinski definition) is 0. The number of ether oxygens (including phenoxy) is 1. The molecule has 1 heterocycles. The third-order valence-electron chi connectivity index (χ3n) is 3.36. The number of carbonyl (C=O) groups is 2.